The molecule has 2 aromatic rings. The summed E-state index contributed by atoms with van der Waals surface area (Å²) < 4.78 is 32.6. The topological polar surface area (TPSA) is 84.5 Å². The van der Waals surface area contributed by atoms with Crippen LogP contribution >= 0.6 is 11.6 Å². The van der Waals surface area contributed by atoms with E-state index in [1.807, 2.05) is 33.8 Å². The second-order valence-corrected chi connectivity index (χ2v) is 9.28. The van der Waals surface area contributed by atoms with Gasteiger partial charge >= 0.3 is 0 Å². The highest BCUT2D eigenvalue weighted by Gasteiger charge is 2.24. The van der Waals surface area contributed by atoms with E-state index in [1.165, 1.54) is 37.8 Å². The maximum absolute atomic E-state index is 12.6. The lowest BCUT2D eigenvalue weighted by Crippen LogP contribution is -2.45. The van der Waals surface area contributed by atoms with Gasteiger partial charge < -0.3 is 10.1 Å². The Morgan fingerprint density at radius 3 is 2.24 bits per heavy atom. The van der Waals surface area contributed by atoms with Gasteiger partial charge in [0, 0.05) is 0 Å². The molecule has 2 atom stereocenters. The Labute approximate surface area is 177 Å². The van der Waals surface area contributed by atoms with Crippen molar-refractivity contribution in [2.24, 2.45) is 0 Å². The smallest absolute Gasteiger partial charge is 0.241 e. The molecule has 2 N–H and O–H groups in total. The summed E-state index contributed by atoms with van der Waals surface area (Å²) in [5, 5.41) is 3.05. The first kappa shape index (κ1) is 23.2. The van der Waals surface area contributed by atoms with Gasteiger partial charge in [-0.05, 0) is 75.1 Å². The fourth-order valence-electron chi connectivity index (χ4n) is 3.03. The van der Waals surface area contributed by atoms with Crippen LogP contribution < -0.4 is 14.8 Å². The van der Waals surface area contributed by atoms with Gasteiger partial charge in [0.15, 0.2) is 0 Å². The molecule has 158 valence electrons. The van der Waals surface area contributed by atoms with E-state index in [1.54, 1.807) is 0 Å². The zero-order valence-electron chi connectivity index (χ0n) is 17.5. The summed E-state index contributed by atoms with van der Waals surface area (Å²) in [7, 11) is -2.48. The molecule has 6 nitrogen and oxygen atoms in total. The van der Waals surface area contributed by atoms with E-state index in [9.17, 15) is 13.2 Å². The van der Waals surface area contributed by atoms with Crippen molar-refractivity contribution in [3.63, 3.8) is 0 Å². The van der Waals surface area contributed by atoms with Gasteiger partial charge in [0.2, 0.25) is 15.9 Å². The van der Waals surface area contributed by atoms with E-state index in [2.05, 4.69) is 16.1 Å². The first-order valence-electron chi connectivity index (χ1n) is 9.20. The number of halogens is 1. The van der Waals surface area contributed by atoms with Crippen LogP contribution in [0.3, 0.4) is 0 Å². The minimum Gasteiger partial charge on any atom is -0.495 e. The van der Waals surface area contributed by atoms with Crippen molar-refractivity contribution in [2.75, 3.05) is 7.11 Å². The molecule has 0 aliphatic rings. The van der Waals surface area contributed by atoms with E-state index in [4.69, 9.17) is 16.3 Å². The highest BCUT2D eigenvalue weighted by atomic mass is 35.5. The molecule has 0 bridgehead atoms. The van der Waals surface area contributed by atoms with Crippen LogP contribution in [0.2, 0.25) is 5.02 Å². The first-order chi connectivity index (χ1) is 13.5. The molecular weight excluding hydrogens is 412 g/mol. The maximum atomic E-state index is 12.6. The van der Waals surface area contributed by atoms with Gasteiger partial charge in [-0.2, -0.15) is 4.72 Å². The third-order valence-electron chi connectivity index (χ3n) is 4.87. The van der Waals surface area contributed by atoms with E-state index in [-0.39, 0.29) is 16.0 Å². The van der Waals surface area contributed by atoms with Crippen LogP contribution in [0.25, 0.3) is 0 Å². The number of aryl methyl sites for hydroxylation is 3. The molecule has 8 heteroatoms. The molecule has 0 aromatic heterocycles. The fraction of sp³-hybridized carbons (Fsp3) is 0.381. The van der Waals surface area contributed by atoms with Crippen molar-refractivity contribution in [1.82, 2.24) is 10.0 Å². The molecule has 0 heterocycles. The zero-order chi connectivity index (χ0) is 21.9. The molecule has 0 saturated carbocycles. The minimum absolute atomic E-state index is 0.0407. The second-order valence-electron chi connectivity index (χ2n) is 7.16. The Kier molecular flexibility index (Phi) is 7.32. The number of amides is 1. The Bertz CT molecular complexity index is 1020. The summed E-state index contributed by atoms with van der Waals surface area (Å²) in [6, 6.07) is 7.02. The monoisotopic (exact) mass is 438 g/mol. The molecule has 2 aromatic carbocycles. The molecule has 0 aliphatic carbocycles. The quantitative estimate of drug-likeness (QED) is 0.688. The lowest BCUT2D eigenvalue weighted by atomic mass is 9.96. The Morgan fingerprint density at radius 1 is 1.03 bits per heavy atom. The Morgan fingerprint density at radius 2 is 1.66 bits per heavy atom. The molecule has 0 unspecified atom stereocenters. The lowest BCUT2D eigenvalue weighted by Gasteiger charge is -2.21. The number of rotatable bonds is 7. The number of hydrogen-bond donors (Lipinski definition) is 2. The summed E-state index contributed by atoms with van der Waals surface area (Å²) in [6.07, 6.45) is 0. The molecular formula is C21H27ClN2O4S. The average Bonchev–Trinajstić information content (AvgIpc) is 2.64. The molecule has 0 spiro atoms. The van der Waals surface area contributed by atoms with E-state index < -0.39 is 22.0 Å². The lowest BCUT2D eigenvalue weighted by molar-refractivity contribution is -0.123. The van der Waals surface area contributed by atoms with Gasteiger partial charge in [0.1, 0.15) is 5.75 Å². The summed E-state index contributed by atoms with van der Waals surface area (Å²) in [4.78, 5) is 12.5. The fourth-order valence-corrected chi connectivity index (χ4v) is 4.59. The second kappa shape index (κ2) is 9.15. The summed E-state index contributed by atoms with van der Waals surface area (Å²) >= 11 is 6.01. The van der Waals surface area contributed by atoms with Gasteiger partial charge in [0.05, 0.1) is 29.1 Å². The molecule has 0 radical (unpaired) electrons. The zero-order valence-corrected chi connectivity index (χ0v) is 19.0. The van der Waals surface area contributed by atoms with Crippen molar-refractivity contribution in [1.29, 1.82) is 0 Å². The number of hydrogen-bond acceptors (Lipinski definition) is 4. The Hall–Kier alpha value is -2.09. The van der Waals surface area contributed by atoms with Crippen LogP contribution in [-0.2, 0) is 14.8 Å². The van der Waals surface area contributed by atoms with Crippen molar-refractivity contribution >= 4 is 27.5 Å². The number of benzene rings is 2. The molecule has 2 rings (SSSR count). The number of sulfonamides is 1. The van der Waals surface area contributed by atoms with Crippen LogP contribution in [0.5, 0.6) is 5.75 Å². The largest absolute Gasteiger partial charge is 0.495 e. The normalized spacial score (nSPS) is 13.6. The maximum Gasteiger partial charge on any atom is 0.241 e. The van der Waals surface area contributed by atoms with Crippen molar-refractivity contribution < 1.29 is 17.9 Å². The highest BCUT2D eigenvalue weighted by molar-refractivity contribution is 7.89. The van der Waals surface area contributed by atoms with E-state index in [0.29, 0.717) is 5.75 Å². The number of nitrogens with one attached hydrogen (secondary N) is 2. The summed E-state index contributed by atoms with van der Waals surface area (Å²) in [5.41, 5.74) is 4.39. The van der Waals surface area contributed by atoms with Crippen molar-refractivity contribution in [3.8, 4) is 5.75 Å². The summed E-state index contributed by atoms with van der Waals surface area (Å²) in [5.74, 6) is -0.0488. The first-order valence-corrected chi connectivity index (χ1v) is 11.1. The molecule has 0 fully saturated rings. The van der Waals surface area contributed by atoms with Crippen molar-refractivity contribution in [2.45, 2.75) is 51.6 Å². The predicted molar refractivity (Wildman–Crippen MR) is 115 cm³/mol. The standard InChI is InChI=1S/C21H27ClN2O4S/c1-12-9-14(3)18(10-13(12)2)15(4)23-21(25)16(5)24-29(26,27)17-7-8-20(28-6)19(22)11-17/h7-11,15-16,24H,1-6H3,(H,23,25)/t15-,16-/m1/s1. The number of ether oxygens (including phenoxy) is 1. The molecule has 1 amide bonds. The van der Waals surface area contributed by atoms with E-state index in [0.717, 1.165) is 16.7 Å². The minimum atomic E-state index is -3.92. The number of carbonyl (C=O) groups is 1. The van der Waals surface area contributed by atoms with E-state index >= 15 is 0 Å². The summed E-state index contributed by atoms with van der Waals surface area (Å²) in [6.45, 7) is 9.42. The van der Waals surface area contributed by atoms with Gasteiger partial charge in [-0.3, -0.25) is 4.79 Å². The van der Waals surface area contributed by atoms with Crippen LogP contribution in [-0.4, -0.2) is 27.5 Å². The third-order valence-corrected chi connectivity index (χ3v) is 6.70. The predicted octanol–water partition coefficient (Wildman–Crippen LogP) is 3.82. The highest BCUT2D eigenvalue weighted by Crippen LogP contribution is 2.27. The van der Waals surface area contributed by atoms with Crippen LogP contribution in [0.1, 0.15) is 42.1 Å². The van der Waals surface area contributed by atoms with Crippen LogP contribution in [0.15, 0.2) is 35.2 Å². The van der Waals surface area contributed by atoms with Gasteiger partial charge in [-0.15, -0.1) is 0 Å². The van der Waals surface area contributed by atoms with Crippen molar-refractivity contribution in [3.05, 3.63) is 57.6 Å². The van der Waals surface area contributed by atoms with Gasteiger partial charge in [-0.1, -0.05) is 23.7 Å². The Balaban J connectivity index is 2.12. The van der Waals surface area contributed by atoms with Gasteiger partial charge in [0.25, 0.3) is 0 Å². The molecule has 29 heavy (non-hydrogen) atoms. The van der Waals surface area contributed by atoms with Crippen LogP contribution in [0, 0.1) is 20.8 Å². The molecule has 0 aliphatic heterocycles. The SMILES string of the molecule is COc1ccc(S(=O)(=O)N[C@H](C)C(=O)N[C@H](C)c2cc(C)c(C)cc2C)cc1Cl. The average molecular weight is 439 g/mol. The number of methoxy groups -OCH3 is 1. The van der Waals surface area contributed by atoms with Gasteiger partial charge in [-0.25, -0.2) is 8.42 Å². The molecule has 0 saturated heterocycles. The third kappa shape index (κ3) is 5.50. The van der Waals surface area contributed by atoms with Crippen LogP contribution in [0.4, 0.5) is 0 Å². The number of carbonyl (C=O) groups excluding carboxylic acids is 1.